The number of carbonyl (C=O) groups is 1. The molecular weight excluding hydrogens is 252 g/mol. The maximum Gasteiger partial charge on any atom is 0.257 e. The molecule has 2 aromatic rings. The molecule has 18 heavy (non-hydrogen) atoms. The zero-order valence-corrected chi connectivity index (χ0v) is 10.4. The van der Waals surface area contributed by atoms with E-state index in [0.717, 1.165) is 0 Å². The number of nitrogens with zero attached hydrogens (tertiary/aromatic N) is 2. The van der Waals surface area contributed by atoms with Crippen LogP contribution in [0.5, 0.6) is 0 Å². The lowest BCUT2D eigenvalue weighted by Gasteiger charge is -2.09. The summed E-state index contributed by atoms with van der Waals surface area (Å²) in [5.74, 6) is -0.267. The largest absolute Gasteiger partial charge is 0.387 e. The molecule has 0 aliphatic rings. The van der Waals surface area contributed by atoms with Crippen LogP contribution in [0.4, 0.5) is 11.4 Å². The molecule has 6 heteroatoms. The molecule has 2 N–H and O–H groups in total. The highest BCUT2D eigenvalue weighted by molar-refractivity contribution is 6.31. The van der Waals surface area contributed by atoms with Gasteiger partial charge >= 0.3 is 0 Å². The number of hydrogen-bond acceptors (Lipinski definition) is 4. The zero-order valence-electron chi connectivity index (χ0n) is 9.64. The van der Waals surface area contributed by atoms with Crippen molar-refractivity contribution in [2.24, 2.45) is 0 Å². The van der Waals surface area contributed by atoms with E-state index in [1.807, 2.05) is 0 Å². The highest BCUT2D eigenvalue weighted by Crippen LogP contribution is 2.21. The molecular formula is C12H11ClN4O. The average Bonchev–Trinajstić information content (AvgIpc) is 2.40. The molecule has 0 atom stereocenters. The maximum absolute atomic E-state index is 12.1. The summed E-state index contributed by atoms with van der Waals surface area (Å²) in [5.41, 5.74) is 1.70. The molecule has 1 amide bonds. The Hall–Kier alpha value is -2.14. The molecule has 0 unspecified atom stereocenters. The Morgan fingerprint density at radius 1 is 1.28 bits per heavy atom. The van der Waals surface area contributed by atoms with E-state index in [2.05, 4.69) is 20.6 Å². The van der Waals surface area contributed by atoms with Crippen molar-refractivity contribution in [3.05, 3.63) is 47.5 Å². The van der Waals surface area contributed by atoms with E-state index in [9.17, 15) is 4.79 Å². The Labute approximate surface area is 109 Å². The quantitative estimate of drug-likeness (QED) is 0.892. The molecule has 0 aliphatic carbocycles. The Bertz CT molecular complexity index is 559. The van der Waals surface area contributed by atoms with E-state index in [4.69, 9.17) is 11.6 Å². The fourth-order valence-electron chi connectivity index (χ4n) is 1.48. The van der Waals surface area contributed by atoms with Crippen molar-refractivity contribution in [1.82, 2.24) is 9.97 Å². The van der Waals surface area contributed by atoms with Crippen molar-refractivity contribution in [3.63, 3.8) is 0 Å². The molecule has 2 rings (SSSR count). The second-order valence-electron chi connectivity index (χ2n) is 3.52. The number of aromatic nitrogens is 2. The van der Waals surface area contributed by atoms with Crippen molar-refractivity contribution in [1.29, 1.82) is 0 Å². The highest BCUT2D eigenvalue weighted by atomic mass is 35.5. The van der Waals surface area contributed by atoms with Crippen molar-refractivity contribution in [2.45, 2.75) is 0 Å². The van der Waals surface area contributed by atoms with Crippen molar-refractivity contribution >= 4 is 28.9 Å². The van der Waals surface area contributed by atoms with Crippen LogP contribution in [-0.2, 0) is 0 Å². The number of amides is 1. The first-order chi connectivity index (χ1) is 8.70. The Morgan fingerprint density at radius 2 is 2.00 bits per heavy atom. The van der Waals surface area contributed by atoms with Gasteiger partial charge in [0.15, 0.2) is 0 Å². The van der Waals surface area contributed by atoms with E-state index < -0.39 is 0 Å². The standard InChI is InChI=1S/C12H11ClN4O/c1-14-11-3-2-8(13)4-10(11)12(18)17-9-5-15-7-16-6-9/h2-7,14H,1H3,(H,17,18). The van der Waals surface area contributed by atoms with Crippen LogP contribution in [0.1, 0.15) is 10.4 Å². The van der Waals surface area contributed by atoms with Crippen LogP contribution in [0.15, 0.2) is 36.9 Å². The Morgan fingerprint density at radius 3 is 2.67 bits per heavy atom. The first-order valence-electron chi connectivity index (χ1n) is 5.24. The van der Waals surface area contributed by atoms with E-state index in [-0.39, 0.29) is 5.91 Å². The fraction of sp³-hybridized carbons (Fsp3) is 0.0833. The monoisotopic (exact) mass is 262 g/mol. The number of benzene rings is 1. The summed E-state index contributed by atoms with van der Waals surface area (Å²) >= 11 is 5.89. The van der Waals surface area contributed by atoms with Gasteiger partial charge < -0.3 is 10.6 Å². The highest BCUT2D eigenvalue weighted by Gasteiger charge is 2.11. The van der Waals surface area contributed by atoms with Crippen molar-refractivity contribution < 1.29 is 4.79 Å². The first kappa shape index (κ1) is 12.3. The summed E-state index contributed by atoms with van der Waals surface area (Å²) in [4.78, 5) is 19.7. The SMILES string of the molecule is CNc1ccc(Cl)cc1C(=O)Nc1cncnc1. The smallest absolute Gasteiger partial charge is 0.257 e. The normalized spacial score (nSPS) is 9.89. The van der Waals surface area contributed by atoms with Gasteiger partial charge in [-0.2, -0.15) is 0 Å². The molecule has 0 radical (unpaired) electrons. The fourth-order valence-corrected chi connectivity index (χ4v) is 1.66. The lowest BCUT2D eigenvalue weighted by atomic mass is 10.1. The summed E-state index contributed by atoms with van der Waals surface area (Å²) < 4.78 is 0. The van der Waals surface area contributed by atoms with Crippen LogP contribution >= 0.6 is 11.6 Å². The minimum atomic E-state index is -0.267. The van der Waals surface area contributed by atoms with Crippen molar-refractivity contribution in [2.75, 3.05) is 17.7 Å². The first-order valence-corrected chi connectivity index (χ1v) is 5.62. The van der Waals surface area contributed by atoms with Crippen LogP contribution in [-0.4, -0.2) is 22.9 Å². The summed E-state index contributed by atoms with van der Waals surface area (Å²) in [5, 5.41) is 6.14. The van der Waals surface area contributed by atoms with Gasteiger partial charge in [0.05, 0.1) is 23.6 Å². The summed E-state index contributed by atoms with van der Waals surface area (Å²) in [7, 11) is 1.74. The van der Waals surface area contributed by atoms with Gasteiger partial charge in [-0.15, -0.1) is 0 Å². The maximum atomic E-state index is 12.1. The van der Waals surface area contributed by atoms with Gasteiger partial charge in [0.25, 0.3) is 5.91 Å². The number of rotatable bonds is 3. The van der Waals surface area contributed by atoms with E-state index in [1.165, 1.54) is 18.7 Å². The molecule has 0 spiro atoms. The van der Waals surface area contributed by atoms with Gasteiger partial charge in [0.1, 0.15) is 6.33 Å². The average molecular weight is 263 g/mol. The molecule has 0 fully saturated rings. The Balaban J connectivity index is 2.26. The number of halogens is 1. The van der Waals surface area contributed by atoms with Gasteiger partial charge in [0, 0.05) is 17.8 Å². The van der Waals surface area contributed by atoms with E-state index in [1.54, 1.807) is 25.2 Å². The summed E-state index contributed by atoms with van der Waals surface area (Å²) in [6, 6.07) is 5.07. The van der Waals surface area contributed by atoms with Gasteiger partial charge in [-0.25, -0.2) is 9.97 Å². The summed E-state index contributed by atoms with van der Waals surface area (Å²) in [6.07, 6.45) is 4.44. The minimum Gasteiger partial charge on any atom is -0.387 e. The minimum absolute atomic E-state index is 0.267. The molecule has 0 bridgehead atoms. The van der Waals surface area contributed by atoms with Gasteiger partial charge in [-0.3, -0.25) is 4.79 Å². The third-order valence-corrected chi connectivity index (χ3v) is 2.55. The molecule has 0 saturated heterocycles. The van der Waals surface area contributed by atoms with Gasteiger partial charge in [-0.05, 0) is 18.2 Å². The van der Waals surface area contributed by atoms with Crippen LogP contribution in [0.3, 0.4) is 0 Å². The Kier molecular flexibility index (Phi) is 3.74. The van der Waals surface area contributed by atoms with E-state index in [0.29, 0.717) is 22.0 Å². The zero-order chi connectivity index (χ0) is 13.0. The van der Waals surface area contributed by atoms with Gasteiger partial charge in [-0.1, -0.05) is 11.6 Å². The molecule has 0 aliphatic heterocycles. The van der Waals surface area contributed by atoms with Crippen LogP contribution in [0.2, 0.25) is 5.02 Å². The lowest BCUT2D eigenvalue weighted by molar-refractivity contribution is 0.102. The molecule has 1 aromatic heterocycles. The van der Waals surface area contributed by atoms with Crippen LogP contribution in [0.25, 0.3) is 0 Å². The van der Waals surface area contributed by atoms with Crippen LogP contribution < -0.4 is 10.6 Å². The van der Waals surface area contributed by atoms with Crippen LogP contribution in [0, 0.1) is 0 Å². The summed E-state index contributed by atoms with van der Waals surface area (Å²) in [6.45, 7) is 0. The molecule has 0 saturated carbocycles. The number of carbonyl (C=O) groups excluding carboxylic acids is 1. The molecule has 92 valence electrons. The van der Waals surface area contributed by atoms with Gasteiger partial charge in [0.2, 0.25) is 0 Å². The lowest BCUT2D eigenvalue weighted by Crippen LogP contribution is -2.14. The van der Waals surface area contributed by atoms with E-state index >= 15 is 0 Å². The predicted octanol–water partition coefficient (Wildman–Crippen LogP) is 2.42. The number of nitrogens with one attached hydrogen (secondary N) is 2. The topological polar surface area (TPSA) is 66.9 Å². The molecule has 5 nitrogen and oxygen atoms in total. The second-order valence-corrected chi connectivity index (χ2v) is 3.96. The molecule has 1 heterocycles. The third-order valence-electron chi connectivity index (χ3n) is 2.31. The third kappa shape index (κ3) is 2.75. The van der Waals surface area contributed by atoms with Crippen molar-refractivity contribution in [3.8, 4) is 0 Å². The predicted molar refractivity (Wildman–Crippen MR) is 71.0 cm³/mol. The molecule has 1 aromatic carbocycles. The second kappa shape index (κ2) is 5.46. The number of hydrogen-bond donors (Lipinski definition) is 2. The number of anilines is 2.